The van der Waals surface area contributed by atoms with Crippen molar-refractivity contribution in [3.63, 3.8) is 0 Å². The van der Waals surface area contributed by atoms with Gasteiger partial charge in [-0.1, -0.05) is 33.1 Å². The molecule has 1 aliphatic heterocycles. The van der Waals surface area contributed by atoms with E-state index in [1.165, 1.54) is 19.3 Å². The minimum atomic E-state index is -2.21. The molecule has 2 nitrogen and oxygen atoms in total. The second kappa shape index (κ2) is 6.49. The first-order valence-electron chi connectivity index (χ1n) is 7.78. The van der Waals surface area contributed by atoms with Crippen molar-refractivity contribution in [3.05, 3.63) is 0 Å². The fourth-order valence-corrected chi connectivity index (χ4v) is 3.83. The molecular formula is C15H28F2N2. The van der Waals surface area contributed by atoms with Crippen LogP contribution in [0.2, 0.25) is 0 Å². The van der Waals surface area contributed by atoms with Crippen LogP contribution in [0, 0.1) is 5.92 Å². The summed E-state index contributed by atoms with van der Waals surface area (Å²) < 4.78 is 25.8. The van der Waals surface area contributed by atoms with Crippen molar-refractivity contribution in [2.24, 2.45) is 5.92 Å². The minimum Gasteiger partial charge on any atom is -0.311 e. The van der Waals surface area contributed by atoms with Gasteiger partial charge in [0.1, 0.15) is 0 Å². The summed E-state index contributed by atoms with van der Waals surface area (Å²) >= 11 is 0. The zero-order valence-electron chi connectivity index (χ0n) is 12.3. The Labute approximate surface area is 115 Å². The zero-order valence-corrected chi connectivity index (χ0v) is 12.3. The summed E-state index contributed by atoms with van der Waals surface area (Å²) in [7, 11) is 0. The van der Waals surface area contributed by atoms with Gasteiger partial charge in [0.2, 0.25) is 0 Å². The monoisotopic (exact) mass is 274 g/mol. The molecule has 1 aliphatic carbocycles. The molecule has 1 saturated heterocycles. The van der Waals surface area contributed by atoms with Gasteiger partial charge in [-0.05, 0) is 25.2 Å². The lowest BCUT2D eigenvalue weighted by atomic mass is 9.78. The van der Waals surface area contributed by atoms with Crippen molar-refractivity contribution >= 4 is 0 Å². The number of hydrogen-bond donors (Lipinski definition) is 1. The smallest absolute Gasteiger partial charge is 0.251 e. The van der Waals surface area contributed by atoms with Crippen LogP contribution in [-0.4, -0.2) is 42.5 Å². The number of hydrogen-bond acceptors (Lipinski definition) is 2. The first-order valence-corrected chi connectivity index (χ1v) is 7.78. The number of piperazine rings is 1. The summed E-state index contributed by atoms with van der Waals surface area (Å²) in [5.74, 6) is 0.617. The summed E-state index contributed by atoms with van der Waals surface area (Å²) in [5.41, 5.74) is 0.0160. The second-order valence-electron chi connectivity index (χ2n) is 6.79. The summed E-state index contributed by atoms with van der Waals surface area (Å²) in [6.45, 7) is 6.05. The van der Waals surface area contributed by atoms with Gasteiger partial charge in [0.25, 0.3) is 6.43 Å². The molecular weight excluding hydrogens is 246 g/mol. The van der Waals surface area contributed by atoms with E-state index in [1.54, 1.807) is 0 Å². The highest BCUT2D eigenvalue weighted by Gasteiger charge is 2.42. The molecule has 1 saturated carbocycles. The molecule has 0 aromatic rings. The van der Waals surface area contributed by atoms with E-state index in [0.29, 0.717) is 12.0 Å². The average molecular weight is 274 g/mol. The van der Waals surface area contributed by atoms with Crippen LogP contribution < -0.4 is 5.32 Å². The topological polar surface area (TPSA) is 15.3 Å². The number of halogens is 2. The van der Waals surface area contributed by atoms with Crippen molar-refractivity contribution in [2.75, 3.05) is 19.6 Å². The molecule has 1 atom stereocenters. The third kappa shape index (κ3) is 3.88. The molecule has 0 amide bonds. The molecule has 1 N–H and O–H groups in total. The van der Waals surface area contributed by atoms with E-state index < -0.39 is 6.43 Å². The summed E-state index contributed by atoms with van der Waals surface area (Å²) in [4.78, 5) is 2.11. The summed E-state index contributed by atoms with van der Waals surface area (Å²) in [5, 5.41) is 3.63. The minimum absolute atomic E-state index is 0.0160. The molecule has 0 bridgehead atoms. The van der Waals surface area contributed by atoms with Crippen LogP contribution >= 0.6 is 0 Å². The first-order chi connectivity index (χ1) is 9.02. The molecule has 1 heterocycles. The lowest BCUT2D eigenvalue weighted by molar-refractivity contribution is -0.0310. The molecule has 2 fully saturated rings. The largest absolute Gasteiger partial charge is 0.311 e. The number of nitrogens with zero attached hydrogens (tertiary/aromatic N) is 1. The normalized spacial score (nSPS) is 28.4. The standard InChI is InChI=1S/C15H28F2N2/c1-12(2)8-13-9-19(10-14(16)17)15(11-18-13)6-4-3-5-7-15/h12-14,18H,3-11H2,1-2H3. The molecule has 4 heteroatoms. The highest BCUT2D eigenvalue weighted by Crippen LogP contribution is 2.36. The van der Waals surface area contributed by atoms with E-state index >= 15 is 0 Å². The molecule has 0 aromatic heterocycles. The van der Waals surface area contributed by atoms with E-state index in [4.69, 9.17) is 0 Å². The predicted molar refractivity (Wildman–Crippen MR) is 74.6 cm³/mol. The molecule has 1 spiro atoms. The summed E-state index contributed by atoms with van der Waals surface area (Å²) in [6, 6.07) is 0.381. The van der Waals surface area contributed by atoms with Gasteiger partial charge >= 0.3 is 0 Å². The first kappa shape index (κ1) is 15.2. The average Bonchev–Trinajstić information content (AvgIpc) is 2.34. The molecule has 19 heavy (non-hydrogen) atoms. The van der Waals surface area contributed by atoms with Gasteiger partial charge in [0.15, 0.2) is 0 Å². The maximum Gasteiger partial charge on any atom is 0.251 e. The van der Waals surface area contributed by atoms with Crippen LogP contribution in [-0.2, 0) is 0 Å². The number of alkyl halides is 2. The van der Waals surface area contributed by atoms with Crippen LogP contribution in [0.25, 0.3) is 0 Å². The molecule has 0 aromatic carbocycles. The molecule has 1 unspecified atom stereocenters. The van der Waals surface area contributed by atoms with Gasteiger partial charge in [-0.2, -0.15) is 0 Å². The van der Waals surface area contributed by atoms with Crippen LogP contribution in [0.3, 0.4) is 0 Å². The third-order valence-electron chi connectivity index (χ3n) is 4.73. The third-order valence-corrected chi connectivity index (χ3v) is 4.73. The van der Waals surface area contributed by atoms with E-state index in [-0.39, 0.29) is 12.1 Å². The Balaban J connectivity index is 2.03. The van der Waals surface area contributed by atoms with E-state index in [9.17, 15) is 8.78 Å². The Morgan fingerprint density at radius 1 is 1.21 bits per heavy atom. The van der Waals surface area contributed by atoms with Gasteiger partial charge < -0.3 is 5.32 Å². The van der Waals surface area contributed by atoms with Crippen molar-refractivity contribution in [1.29, 1.82) is 0 Å². The SMILES string of the molecule is CC(C)CC1CN(CC(F)F)C2(CCCCC2)CN1. The lowest BCUT2D eigenvalue weighted by Gasteiger charge is -2.52. The lowest BCUT2D eigenvalue weighted by Crippen LogP contribution is -2.66. The van der Waals surface area contributed by atoms with Gasteiger partial charge in [0.05, 0.1) is 6.54 Å². The van der Waals surface area contributed by atoms with Gasteiger partial charge in [-0.25, -0.2) is 8.78 Å². The number of nitrogens with one attached hydrogen (secondary N) is 1. The van der Waals surface area contributed by atoms with Crippen LogP contribution in [0.1, 0.15) is 52.4 Å². The fraction of sp³-hybridized carbons (Fsp3) is 1.00. The van der Waals surface area contributed by atoms with Gasteiger partial charge in [-0.3, -0.25) is 4.90 Å². The molecule has 112 valence electrons. The Hall–Kier alpha value is -0.220. The van der Waals surface area contributed by atoms with Crippen molar-refractivity contribution in [3.8, 4) is 0 Å². The zero-order chi connectivity index (χ0) is 13.9. The van der Waals surface area contributed by atoms with Crippen molar-refractivity contribution < 1.29 is 8.78 Å². The Bertz CT molecular complexity index is 275. The van der Waals surface area contributed by atoms with Crippen molar-refractivity contribution in [1.82, 2.24) is 10.2 Å². The Morgan fingerprint density at radius 3 is 2.47 bits per heavy atom. The molecule has 2 aliphatic rings. The Morgan fingerprint density at radius 2 is 1.89 bits per heavy atom. The van der Waals surface area contributed by atoms with Gasteiger partial charge in [-0.15, -0.1) is 0 Å². The summed E-state index contributed by atoms with van der Waals surface area (Å²) in [6.07, 6.45) is 4.68. The predicted octanol–water partition coefficient (Wildman–Crippen LogP) is 3.27. The van der Waals surface area contributed by atoms with E-state index in [2.05, 4.69) is 24.1 Å². The highest BCUT2D eigenvalue weighted by atomic mass is 19.3. The van der Waals surface area contributed by atoms with E-state index in [0.717, 1.165) is 32.4 Å². The van der Waals surface area contributed by atoms with Crippen molar-refractivity contribution in [2.45, 2.75) is 70.4 Å². The number of rotatable bonds is 4. The van der Waals surface area contributed by atoms with Crippen LogP contribution in [0.5, 0.6) is 0 Å². The Kier molecular flexibility index (Phi) is 5.18. The maximum absolute atomic E-state index is 12.9. The quantitative estimate of drug-likeness (QED) is 0.846. The second-order valence-corrected chi connectivity index (χ2v) is 6.79. The maximum atomic E-state index is 12.9. The van der Waals surface area contributed by atoms with Gasteiger partial charge in [0, 0.05) is 24.7 Å². The fourth-order valence-electron chi connectivity index (χ4n) is 3.83. The van der Waals surface area contributed by atoms with Crippen LogP contribution in [0.15, 0.2) is 0 Å². The van der Waals surface area contributed by atoms with Crippen LogP contribution in [0.4, 0.5) is 8.78 Å². The molecule has 2 rings (SSSR count). The molecule has 0 radical (unpaired) electrons. The highest BCUT2D eigenvalue weighted by molar-refractivity contribution is 5.00. The van der Waals surface area contributed by atoms with E-state index in [1.807, 2.05) is 0 Å².